The first-order valence-electron chi connectivity index (χ1n) is 9.87. The molecule has 1 saturated heterocycles. The van der Waals surface area contributed by atoms with Gasteiger partial charge >= 0.3 is 0 Å². The van der Waals surface area contributed by atoms with E-state index in [-0.39, 0.29) is 17.5 Å². The van der Waals surface area contributed by atoms with Gasteiger partial charge in [0.25, 0.3) is 5.56 Å². The highest BCUT2D eigenvalue weighted by molar-refractivity contribution is 7.98. The highest BCUT2D eigenvalue weighted by atomic mass is 32.2. The topological polar surface area (TPSA) is 87.2 Å². The van der Waals surface area contributed by atoms with Crippen molar-refractivity contribution in [1.29, 1.82) is 0 Å². The van der Waals surface area contributed by atoms with Gasteiger partial charge in [0.2, 0.25) is 4.96 Å². The normalized spacial score (nSPS) is 16.4. The molecule has 0 saturated carbocycles. The fraction of sp³-hybridized carbons (Fsp3) is 0.350. The number of aryl methyl sites for hydroxylation is 1. The Kier molecular flexibility index (Phi) is 5.55. The second kappa shape index (κ2) is 8.48. The molecule has 0 bridgehead atoms. The van der Waals surface area contributed by atoms with Crippen LogP contribution in [0.3, 0.4) is 0 Å². The molecular formula is C20H19FN6O2S2. The number of hydrogen-bond donors (Lipinski definition) is 0. The van der Waals surface area contributed by atoms with E-state index < -0.39 is 0 Å². The zero-order valence-corrected chi connectivity index (χ0v) is 18.3. The number of halogens is 1. The summed E-state index contributed by atoms with van der Waals surface area (Å²) in [6.45, 7) is 3.18. The number of fused-ring (bicyclic) bond motifs is 1. The van der Waals surface area contributed by atoms with Crippen LogP contribution < -0.4 is 5.56 Å². The van der Waals surface area contributed by atoms with Gasteiger partial charge in [0.1, 0.15) is 10.8 Å². The molecule has 1 unspecified atom stereocenters. The van der Waals surface area contributed by atoms with E-state index in [1.165, 1.54) is 45.8 Å². The third-order valence-electron chi connectivity index (χ3n) is 4.97. The van der Waals surface area contributed by atoms with Gasteiger partial charge in [0.05, 0.1) is 18.4 Å². The van der Waals surface area contributed by atoms with Gasteiger partial charge in [0, 0.05) is 23.9 Å². The molecule has 0 N–H and O–H groups in total. The minimum atomic E-state index is -0.293. The molecule has 1 aromatic carbocycles. The van der Waals surface area contributed by atoms with Gasteiger partial charge in [-0.05, 0) is 44.0 Å². The van der Waals surface area contributed by atoms with Crippen molar-refractivity contribution >= 4 is 28.1 Å². The molecule has 1 aliphatic heterocycles. The second-order valence-corrected chi connectivity index (χ2v) is 9.26. The lowest BCUT2D eigenvalue weighted by molar-refractivity contribution is 0.0953. The van der Waals surface area contributed by atoms with Crippen molar-refractivity contribution in [3.8, 4) is 11.4 Å². The molecule has 4 aromatic rings. The van der Waals surface area contributed by atoms with E-state index in [9.17, 15) is 9.18 Å². The first-order valence-corrected chi connectivity index (χ1v) is 11.7. The van der Waals surface area contributed by atoms with Crippen molar-refractivity contribution in [2.75, 3.05) is 6.61 Å². The molecule has 0 radical (unpaired) electrons. The maximum Gasteiger partial charge on any atom is 0.275 e. The second-order valence-electron chi connectivity index (χ2n) is 7.27. The summed E-state index contributed by atoms with van der Waals surface area (Å²) in [7, 11) is 0. The van der Waals surface area contributed by atoms with Crippen LogP contribution in [-0.2, 0) is 17.0 Å². The van der Waals surface area contributed by atoms with Crippen LogP contribution in [0.4, 0.5) is 4.39 Å². The Balaban J connectivity index is 1.43. The van der Waals surface area contributed by atoms with Crippen LogP contribution in [0.25, 0.3) is 16.3 Å². The van der Waals surface area contributed by atoms with Crippen LogP contribution >= 0.6 is 23.1 Å². The molecule has 4 heterocycles. The molecular weight excluding hydrogens is 439 g/mol. The number of nitrogens with zero attached hydrogens (tertiary/aromatic N) is 6. The van der Waals surface area contributed by atoms with Crippen molar-refractivity contribution in [2.45, 2.75) is 43.3 Å². The minimum Gasteiger partial charge on any atom is -0.376 e. The first-order chi connectivity index (χ1) is 15.1. The summed E-state index contributed by atoms with van der Waals surface area (Å²) in [6, 6.07) is 7.71. The summed E-state index contributed by atoms with van der Waals surface area (Å²) in [6.07, 6.45) is 2.12. The predicted octanol–water partition coefficient (Wildman–Crippen LogP) is 3.33. The Morgan fingerprint density at radius 1 is 1.29 bits per heavy atom. The molecule has 0 amide bonds. The number of rotatable bonds is 6. The van der Waals surface area contributed by atoms with Crippen molar-refractivity contribution in [3.05, 3.63) is 57.2 Å². The van der Waals surface area contributed by atoms with E-state index in [0.29, 0.717) is 28.8 Å². The van der Waals surface area contributed by atoms with Crippen molar-refractivity contribution in [1.82, 2.24) is 29.4 Å². The molecule has 1 atom stereocenters. The molecule has 5 rings (SSSR count). The number of ether oxygens (including phenoxy) is 1. The largest absolute Gasteiger partial charge is 0.376 e. The third kappa shape index (κ3) is 4.25. The predicted molar refractivity (Wildman–Crippen MR) is 116 cm³/mol. The zero-order valence-electron chi connectivity index (χ0n) is 16.7. The number of benzene rings is 1. The monoisotopic (exact) mass is 458 g/mol. The zero-order chi connectivity index (χ0) is 21.4. The van der Waals surface area contributed by atoms with Crippen molar-refractivity contribution < 1.29 is 9.13 Å². The molecule has 1 aliphatic rings. The molecule has 11 heteroatoms. The Morgan fingerprint density at radius 2 is 2.13 bits per heavy atom. The Morgan fingerprint density at radius 3 is 2.90 bits per heavy atom. The third-order valence-corrected chi connectivity index (χ3v) is 7.04. The van der Waals surface area contributed by atoms with E-state index >= 15 is 0 Å². The van der Waals surface area contributed by atoms with Crippen LogP contribution in [-0.4, -0.2) is 42.1 Å². The summed E-state index contributed by atoms with van der Waals surface area (Å²) in [5.41, 5.74) is 1.29. The average Bonchev–Trinajstić information content (AvgIpc) is 3.48. The highest BCUT2D eigenvalue weighted by Gasteiger charge is 2.22. The van der Waals surface area contributed by atoms with Crippen LogP contribution in [0.15, 0.2) is 40.3 Å². The van der Waals surface area contributed by atoms with Gasteiger partial charge in [-0.25, -0.2) is 9.37 Å². The maximum atomic E-state index is 13.4. The lowest BCUT2D eigenvalue weighted by Crippen LogP contribution is -2.16. The van der Waals surface area contributed by atoms with Gasteiger partial charge < -0.3 is 4.74 Å². The number of hydrogen-bond acceptors (Lipinski definition) is 8. The Labute approximate surface area is 185 Å². The van der Waals surface area contributed by atoms with Gasteiger partial charge in [-0.3, -0.25) is 9.36 Å². The van der Waals surface area contributed by atoms with E-state index in [1.54, 1.807) is 19.1 Å². The summed E-state index contributed by atoms with van der Waals surface area (Å²) < 4.78 is 22.6. The molecule has 31 heavy (non-hydrogen) atoms. The molecule has 0 aliphatic carbocycles. The quantitative estimate of drug-likeness (QED) is 0.410. The molecule has 3 aromatic heterocycles. The van der Waals surface area contributed by atoms with Crippen LogP contribution in [0.2, 0.25) is 0 Å². The minimum absolute atomic E-state index is 0.0998. The fourth-order valence-electron chi connectivity index (χ4n) is 3.51. The summed E-state index contributed by atoms with van der Waals surface area (Å²) >= 11 is 2.88. The van der Waals surface area contributed by atoms with Crippen molar-refractivity contribution in [2.24, 2.45) is 0 Å². The Bertz CT molecular complexity index is 1280. The van der Waals surface area contributed by atoms with E-state index in [0.717, 1.165) is 35.2 Å². The summed E-state index contributed by atoms with van der Waals surface area (Å²) in [5.74, 6) is 0.911. The van der Waals surface area contributed by atoms with Crippen LogP contribution in [0, 0.1) is 12.7 Å². The first kappa shape index (κ1) is 20.3. The number of aromatic nitrogens is 6. The van der Waals surface area contributed by atoms with Gasteiger partial charge in [-0.1, -0.05) is 23.1 Å². The van der Waals surface area contributed by atoms with E-state index in [2.05, 4.69) is 20.3 Å². The maximum absolute atomic E-state index is 13.4. The molecule has 0 spiro atoms. The lowest BCUT2D eigenvalue weighted by Gasteiger charge is -2.14. The van der Waals surface area contributed by atoms with Crippen LogP contribution in [0.5, 0.6) is 0 Å². The van der Waals surface area contributed by atoms with Gasteiger partial charge in [0.15, 0.2) is 11.0 Å². The lowest BCUT2D eigenvalue weighted by atomic mass is 10.2. The average molecular weight is 459 g/mol. The van der Waals surface area contributed by atoms with Gasteiger partial charge in [-0.2, -0.15) is 9.61 Å². The van der Waals surface area contributed by atoms with Crippen molar-refractivity contribution in [3.63, 3.8) is 0 Å². The molecule has 160 valence electrons. The summed E-state index contributed by atoms with van der Waals surface area (Å²) in [5, 5.41) is 14.6. The van der Waals surface area contributed by atoms with Crippen LogP contribution in [0.1, 0.15) is 23.5 Å². The summed E-state index contributed by atoms with van der Waals surface area (Å²) in [4.78, 5) is 17.1. The highest BCUT2D eigenvalue weighted by Crippen LogP contribution is 2.29. The van der Waals surface area contributed by atoms with E-state index in [1.807, 2.05) is 4.57 Å². The molecule has 1 fully saturated rings. The standard InChI is InChI=1S/C20H19FN6O2S2/c1-12-9-17(28)27-19(22-12)31-16(25-27)11-30-20-24-23-18(13-4-6-14(21)7-5-13)26(20)10-15-3-2-8-29-15/h4-7,9,15H,2-3,8,10-11H2,1H3. The van der Waals surface area contributed by atoms with Gasteiger partial charge in [-0.15, -0.1) is 10.2 Å². The fourth-order valence-corrected chi connectivity index (χ4v) is 5.39. The Hall–Kier alpha value is -2.63. The molecule has 8 nitrogen and oxygen atoms in total. The number of thioether (sulfide) groups is 1. The van der Waals surface area contributed by atoms with E-state index in [4.69, 9.17) is 4.74 Å². The smallest absolute Gasteiger partial charge is 0.275 e. The SMILES string of the molecule is Cc1cc(=O)n2nc(CSc3nnc(-c4ccc(F)cc4)n3CC3CCCO3)sc2n1.